The summed E-state index contributed by atoms with van der Waals surface area (Å²) in [4.78, 5) is 2.61. The van der Waals surface area contributed by atoms with Gasteiger partial charge in [0, 0.05) is 12.6 Å². The third kappa shape index (κ3) is 9.17. The fourth-order valence-corrected chi connectivity index (χ4v) is 1.95. The van der Waals surface area contributed by atoms with E-state index in [-0.39, 0.29) is 0 Å². The van der Waals surface area contributed by atoms with Crippen LogP contribution >= 0.6 is 0 Å². The minimum absolute atomic E-state index is 0.691. The summed E-state index contributed by atoms with van der Waals surface area (Å²) >= 11 is 0. The van der Waals surface area contributed by atoms with Crippen LogP contribution in [0.2, 0.25) is 0 Å². The average Bonchev–Trinajstić information content (AvgIpc) is 2.20. The van der Waals surface area contributed by atoms with Gasteiger partial charge in [-0.3, -0.25) is 0 Å². The van der Waals surface area contributed by atoms with Gasteiger partial charge in [-0.25, -0.2) is 0 Å². The molecule has 0 rings (SSSR count). The molecule has 98 valence electrons. The molecule has 0 aliphatic rings. The first-order valence-corrected chi connectivity index (χ1v) is 7.02. The van der Waals surface area contributed by atoms with Crippen LogP contribution < -0.4 is 5.32 Å². The summed E-state index contributed by atoms with van der Waals surface area (Å²) in [6, 6.07) is 0.691. The molecule has 0 fully saturated rings. The van der Waals surface area contributed by atoms with Crippen molar-refractivity contribution in [2.45, 2.75) is 59.9 Å². The van der Waals surface area contributed by atoms with Crippen molar-refractivity contribution >= 4 is 0 Å². The lowest BCUT2D eigenvalue weighted by Crippen LogP contribution is -2.35. The van der Waals surface area contributed by atoms with Crippen molar-refractivity contribution in [2.24, 2.45) is 5.92 Å². The molecule has 0 atom stereocenters. The Labute approximate surface area is 103 Å². The number of nitrogens with zero attached hydrogens (tertiary/aromatic N) is 1. The number of unbranched alkanes of at least 4 members (excludes halogenated alkanes) is 2. The molecule has 0 saturated heterocycles. The second-order valence-electron chi connectivity index (χ2n) is 5.40. The van der Waals surface area contributed by atoms with Gasteiger partial charge in [-0.1, -0.05) is 27.2 Å². The van der Waals surface area contributed by atoms with Crippen LogP contribution in [0.25, 0.3) is 0 Å². The van der Waals surface area contributed by atoms with Crippen LogP contribution in [0.3, 0.4) is 0 Å². The van der Waals surface area contributed by atoms with Crippen molar-refractivity contribution in [2.75, 3.05) is 26.2 Å². The standard InChI is InChI=1S/C14H32N2/c1-6-15-10-8-7-9-11-16(14(4)5)12-13(2)3/h13-15H,6-12H2,1-5H3. The minimum Gasteiger partial charge on any atom is -0.317 e. The largest absolute Gasteiger partial charge is 0.317 e. The molecule has 0 amide bonds. The van der Waals surface area contributed by atoms with Gasteiger partial charge in [0.1, 0.15) is 0 Å². The van der Waals surface area contributed by atoms with Crippen LogP contribution in [0.4, 0.5) is 0 Å². The SMILES string of the molecule is CCNCCCCCN(CC(C)C)C(C)C. The van der Waals surface area contributed by atoms with E-state index in [0.717, 1.165) is 12.5 Å². The molecule has 0 radical (unpaired) electrons. The van der Waals surface area contributed by atoms with Gasteiger partial charge >= 0.3 is 0 Å². The molecule has 0 aliphatic carbocycles. The Morgan fingerprint density at radius 3 is 2.19 bits per heavy atom. The van der Waals surface area contributed by atoms with E-state index in [1.165, 1.54) is 38.9 Å². The molecule has 0 aromatic carbocycles. The first kappa shape index (κ1) is 15.9. The monoisotopic (exact) mass is 228 g/mol. The van der Waals surface area contributed by atoms with Gasteiger partial charge in [0.05, 0.1) is 0 Å². The van der Waals surface area contributed by atoms with Gasteiger partial charge in [0.15, 0.2) is 0 Å². The highest BCUT2D eigenvalue weighted by Crippen LogP contribution is 2.06. The van der Waals surface area contributed by atoms with Crippen molar-refractivity contribution in [3.8, 4) is 0 Å². The van der Waals surface area contributed by atoms with Gasteiger partial charge in [-0.2, -0.15) is 0 Å². The molecule has 16 heavy (non-hydrogen) atoms. The van der Waals surface area contributed by atoms with Crippen LogP contribution in [0, 0.1) is 5.92 Å². The number of hydrogen-bond donors (Lipinski definition) is 1. The van der Waals surface area contributed by atoms with Gasteiger partial charge in [-0.05, 0) is 52.2 Å². The molecule has 0 spiro atoms. The van der Waals surface area contributed by atoms with Gasteiger partial charge in [0.2, 0.25) is 0 Å². The zero-order valence-electron chi connectivity index (χ0n) is 12.1. The molecular weight excluding hydrogens is 196 g/mol. The second kappa shape index (κ2) is 10.1. The average molecular weight is 228 g/mol. The maximum absolute atomic E-state index is 3.38. The van der Waals surface area contributed by atoms with Crippen molar-refractivity contribution in [1.82, 2.24) is 10.2 Å². The summed E-state index contributed by atoms with van der Waals surface area (Å²) in [6.45, 7) is 16.2. The molecule has 0 aromatic heterocycles. The Hall–Kier alpha value is -0.0800. The van der Waals surface area contributed by atoms with E-state index in [2.05, 4.69) is 44.8 Å². The lowest BCUT2D eigenvalue weighted by molar-refractivity contribution is 0.193. The van der Waals surface area contributed by atoms with Crippen molar-refractivity contribution < 1.29 is 0 Å². The zero-order chi connectivity index (χ0) is 12.4. The van der Waals surface area contributed by atoms with Crippen molar-refractivity contribution in [3.63, 3.8) is 0 Å². The Morgan fingerprint density at radius 1 is 1.00 bits per heavy atom. The smallest absolute Gasteiger partial charge is 0.00387 e. The highest BCUT2D eigenvalue weighted by molar-refractivity contribution is 4.64. The number of hydrogen-bond acceptors (Lipinski definition) is 2. The molecule has 0 aromatic rings. The number of rotatable bonds is 10. The summed E-state index contributed by atoms with van der Waals surface area (Å²) < 4.78 is 0. The first-order chi connectivity index (χ1) is 7.57. The zero-order valence-corrected chi connectivity index (χ0v) is 12.1. The maximum atomic E-state index is 3.38. The van der Waals surface area contributed by atoms with Gasteiger partial charge in [0.25, 0.3) is 0 Å². The molecule has 1 N–H and O–H groups in total. The van der Waals surface area contributed by atoms with Crippen LogP contribution in [0.1, 0.15) is 53.9 Å². The van der Waals surface area contributed by atoms with E-state index in [4.69, 9.17) is 0 Å². The summed E-state index contributed by atoms with van der Waals surface area (Å²) in [5, 5.41) is 3.38. The van der Waals surface area contributed by atoms with Crippen LogP contribution in [-0.2, 0) is 0 Å². The lowest BCUT2D eigenvalue weighted by Gasteiger charge is -2.28. The van der Waals surface area contributed by atoms with Crippen LogP contribution in [0.5, 0.6) is 0 Å². The van der Waals surface area contributed by atoms with E-state index in [0.29, 0.717) is 6.04 Å². The van der Waals surface area contributed by atoms with Gasteiger partial charge < -0.3 is 10.2 Å². The minimum atomic E-state index is 0.691. The summed E-state index contributed by atoms with van der Waals surface area (Å²) in [6.07, 6.45) is 4.02. The third-order valence-corrected chi connectivity index (χ3v) is 2.88. The van der Waals surface area contributed by atoms with E-state index in [1.807, 2.05) is 0 Å². The second-order valence-corrected chi connectivity index (χ2v) is 5.40. The van der Waals surface area contributed by atoms with E-state index in [1.54, 1.807) is 0 Å². The molecular formula is C14H32N2. The Bertz CT molecular complexity index is 144. The van der Waals surface area contributed by atoms with Gasteiger partial charge in [-0.15, -0.1) is 0 Å². The van der Waals surface area contributed by atoms with Crippen LogP contribution in [-0.4, -0.2) is 37.1 Å². The van der Waals surface area contributed by atoms with E-state index in [9.17, 15) is 0 Å². The summed E-state index contributed by atoms with van der Waals surface area (Å²) in [7, 11) is 0. The quantitative estimate of drug-likeness (QED) is 0.578. The predicted molar refractivity (Wildman–Crippen MR) is 73.9 cm³/mol. The molecule has 0 unspecified atom stereocenters. The fourth-order valence-electron chi connectivity index (χ4n) is 1.95. The molecule has 2 nitrogen and oxygen atoms in total. The highest BCUT2D eigenvalue weighted by Gasteiger charge is 2.10. The summed E-state index contributed by atoms with van der Waals surface area (Å²) in [5.74, 6) is 0.782. The van der Waals surface area contributed by atoms with Crippen molar-refractivity contribution in [1.29, 1.82) is 0 Å². The Balaban J connectivity index is 3.52. The lowest BCUT2D eigenvalue weighted by atomic mass is 10.1. The molecule has 0 saturated carbocycles. The molecule has 0 aliphatic heterocycles. The maximum Gasteiger partial charge on any atom is 0.00387 e. The third-order valence-electron chi connectivity index (χ3n) is 2.88. The normalized spacial score (nSPS) is 12.0. The molecule has 0 bridgehead atoms. The van der Waals surface area contributed by atoms with E-state index >= 15 is 0 Å². The van der Waals surface area contributed by atoms with Crippen LogP contribution in [0.15, 0.2) is 0 Å². The number of nitrogens with one attached hydrogen (secondary N) is 1. The predicted octanol–water partition coefficient (Wildman–Crippen LogP) is 3.13. The topological polar surface area (TPSA) is 15.3 Å². The first-order valence-electron chi connectivity index (χ1n) is 7.02. The highest BCUT2D eigenvalue weighted by atomic mass is 15.1. The fraction of sp³-hybridized carbons (Fsp3) is 1.00. The molecule has 0 heterocycles. The summed E-state index contributed by atoms with van der Waals surface area (Å²) in [5.41, 5.74) is 0. The van der Waals surface area contributed by atoms with Crippen molar-refractivity contribution in [3.05, 3.63) is 0 Å². The Kier molecular flexibility index (Phi) is 10.0. The Morgan fingerprint density at radius 2 is 1.69 bits per heavy atom. The molecule has 2 heteroatoms. The van der Waals surface area contributed by atoms with E-state index < -0.39 is 0 Å².